The number of nitrogens with zero attached hydrogens (tertiary/aromatic N) is 4. The van der Waals surface area contributed by atoms with E-state index in [2.05, 4.69) is 36.8 Å². The van der Waals surface area contributed by atoms with Gasteiger partial charge in [0.2, 0.25) is 5.91 Å². The van der Waals surface area contributed by atoms with Crippen molar-refractivity contribution in [3.05, 3.63) is 40.6 Å². The highest BCUT2D eigenvalue weighted by molar-refractivity contribution is 9.10. The normalized spacial score (nSPS) is 17.5. The van der Waals surface area contributed by atoms with E-state index in [4.69, 9.17) is 0 Å². The fourth-order valence-electron chi connectivity index (χ4n) is 2.20. The number of halogens is 1. The highest BCUT2D eigenvalue weighted by Gasteiger charge is 2.53. The third kappa shape index (κ3) is 2.33. The maximum Gasteiger partial charge on any atom is 0.248 e. The second-order valence-corrected chi connectivity index (χ2v) is 5.95. The molecular formula is C13H14BrN5O. The van der Waals surface area contributed by atoms with Gasteiger partial charge in [0.05, 0.1) is 6.04 Å². The van der Waals surface area contributed by atoms with E-state index in [1.54, 1.807) is 4.68 Å². The molecule has 1 saturated carbocycles. The minimum Gasteiger partial charge on any atom is -0.347 e. The van der Waals surface area contributed by atoms with Crippen LogP contribution in [0.15, 0.2) is 35.1 Å². The van der Waals surface area contributed by atoms with Gasteiger partial charge in [-0.05, 0) is 47.9 Å². The van der Waals surface area contributed by atoms with E-state index in [1.807, 2.05) is 31.2 Å². The molecule has 2 aromatic rings. The van der Waals surface area contributed by atoms with Crippen molar-refractivity contribution in [3.63, 3.8) is 0 Å². The molecule has 1 fully saturated rings. The molecule has 1 aromatic carbocycles. The first kappa shape index (κ1) is 13.2. The first-order chi connectivity index (χ1) is 9.62. The predicted octanol–water partition coefficient (Wildman–Crippen LogP) is 1.80. The molecule has 104 valence electrons. The number of tetrazole rings is 1. The Morgan fingerprint density at radius 1 is 1.40 bits per heavy atom. The Bertz CT molecular complexity index is 606. The van der Waals surface area contributed by atoms with Crippen LogP contribution >= 0.6 is 15.9 Å². The molecule has 7 heteroatoms. The van der Waals surface area contributed by atoms with Gasteiger partial charge in [0.25, 0.3) is 0 Å². The molecule has 1 aliphatic carbocycles. The molecule has 1 N–H and O–H groups in total. The zero-order valence-electron chi connectivity index (χ0n) is 11.0. The van der Waals surface area contributed by atoms with Crippen molar-refractivity contribution in [3.8, 4) is 0 Å². The highest BCUT2D eigenvalue weighted by atomic mass is 79.9. The number of hydrogen-bond donors (Lipinski definition) is 1. The summed E-state index contributed by atoms with van der Waals surface area (Å²) in [5, 5.41) is 14.1. The van der Waals surface area contributed by atoms with Crippen molar-refractivity contribution in [2.24, 2.45) is 0 Å². The van der Waals surface area contributed by atoms with Crippen LogP contribution in [0.25, 0.3) is 0 Å². The van der Waals surface area contributed by atoms with Crippen LogP contribution in [0, 0.1) is 0 Å². The van der Waals surface area contributed by atoms with Gasteiger partial charge >= 0.3 is 0 Å². The fourth-order valence-corrected chi connectivity index (χ4v) is 2.47. The molecule has 0 bridgehead atoms. The fraction of sp³-hybridized carbons (Fsp3) is 0.385. The first-order valence-electron chi connectivity index (χ1n) is 6.42. The second-order valence-electron chi connectivity index (χ2n) is 5.03. The van der Waals surface area contributed by atoms with Crippen LogP contribution in [0.2, 0.25) is 0 Å². The van der Waals surface area contributed by atoms with Crippen LogP contribution in [0.3, 0.4) is 0 Å². The van der Waals surface area contributed by atoms with Crippen molar-refractivity contribution in [2.45, 2.75) is 31.3 Å². The van der Waals surface area contributed by atoms with E-state index < -0.39 is 5.54 Å². The van der Waals surface area contributed by atoms with E-state index >= 15 is 0 Å². The Morgan fingerprint density at radius 3 is 2.65 bits per heavy atom. The Morgan fingerprint density at radius 2 is 2.10 bits per heavy atom. The predicted molar refractivity (Wildman–Crippen MR) is 75.7 cm³/mol. The SMILES string of the molecule is CC(NC(=O)C1(n2cnnn2)CC1)c1ccc(Br)cc1. The smallest absolute Gasteiger partial charge is 0.248 e. The molecule has 1 atom stereocenters. The number of carbonyl (C=O) groups is 1. The van der Waals surface area contributed by atoms with Crippen LogP contribution in [0.4, 0.5) is 0 Å². The maximum atomic E-state index is 12.4. The van der Waals surface area contributed by atoms with Crippen molar-refractivity contribution in [2.75, 3.05) is 0 Å². The minimum absolute atomic E-state index is 0.0276. The highest BCUT2D eigenvalue weighted by Crippen LogP contribution is 2.43. The zero-order chi connectivity index (χ0) is 14.2. The average Bonchev–Trinajstić information content (AvgIpc) is 3.07. The van der Waals surface area contributed by atoms with E-state index in [0.717, 1.165) is 22.9 Å². The molecule has 20 heavy (non-hydrogen) atoms. The van der Waals surface area contributed by atoms with Crippen LogP contribution in [-0.4, -0.2) is 26.1 Å². The number of nitrogens with one attached hydrogen (secondary N) is 1. The molecule has 1 amide bonds. The number of hydrogen-bond acceptors (Lipinski definition) is 4. The lowest BCUT2D eigenvalue weighted by atomic mass is 10.1. The quantitative estimate of drug-likeness (QED) is 0.924. The summed E-state index contributed by atoms with van der Waals surface area (Å²) in [6.45, 7) is 1.97. The van der Waals surface area contributed by atoms with Gasteiger partial charge in [-0.25, -0.2) is 4.68 Å². The van der Waals surface area contributed by atoms with Crippen molar-refractivity contribution in [1.29, 1.82) is 0 Å². The van der Waals surface area contributed by atoms with Gasteiger partial charge in [0.1, 0.15) is 11.9 Å². The van der Waals surface area contributed by atoms with Gasteiger partial charge in [0, 0.05) is 4.47 Å². The lowest BCUT2D eigenvalue weighted by Gasteiger charge is -2.19. The van der Waals surface area contributed by atoms with Gasteiger partial charge in [-0.15, -0.1) is 5.10 Å². The molecule has 0 spiro atoms. The Labute approximate surface area is 124 Å². The molecule has 1 aromatic heterocycles. The molecule has 1 unspecified atom stereocenters. The molecular weight excluding hydrogens is 322 g/mol. The first-order valence-corrected chi connectivity index (χ1v) is 7.21. The third-order valence-electron chi connectivity index (χ3n) is 3.65. The van der Waals surface area contributed by atoms with Crippen LogP contribution in [-0.2, 0) is 10.3 Å². The van der Waals surface area contributed by atoms with Crippen LogP contribution in [0.1, 0.15) is 31.4 Å². The third-order valence-corrected chi connectivity index (χ3v) is 4.18. The summed E-state index contributed by atoms with van der Waals surface area (Å²) in [5.74, 6) is -0.0276. The summed E-state index contributed by atoms with van der Waals surface area (Å²) < 4.78 is 2.57. The van der Waals surface area contributed by atoms with E-state index in [9.17, 15) is 4.79 Å². The van der Waals surface area contributed by atoms with E-state index in [1.165, 1.54) is 6.33 Å². The van der Waals surface area contributed by atoms with Gasteiger partial charge in [-0.3, -0.25) is 4.79 Å². The van der Waals surface area contributed by atoms with E-state index in [0.29, 0.717) is 0 Å². The number of amides is 1. The second kappa shape index (κ2) is 4.97. The molecule has 0 radical (unpaired) electrons. The topological polar surface area (TPSA) is 72.7 Å². The molecule has 1 aliphatic rings. The van der Waals surface area contributed by atoms with Gasteiger partial charge < -0.3 is 5.32 Å². The standard InChI is InChI=1S/C13H14BrN5O/c1-9(10-2-4-11(14)5-3-10)16-12(20)13(6-7-13)19-8-15-17-18-19/h2-5,8-9H,6-7H2,1H3,(H,16,20). The molecule has 3 rings (SSSR count). The van der Waals surface area contributed by atoms with Gasteiger partial charge in [-0.1, -0.05) is 28.1 Å². The summed E-state index contributed by atoms with van der Waals surface area (Å²) in [6, 6.07) is 7.86. The van der Waals surface area contributed by atoms with Crippen LogP contribution < -0.4 is 5.32 Å². The Hall–Kier alpha value is -1.76. The summed E-state index contributed by atoms with van der Waals surface area (Å²) in [6.07, 6.45) is 3.05. The number of rotatable bonds is 4. The summed E-state index contributed by atoms with van der Waals surface area (Å²) >= 11 is 3.40. The monoisotopic (exact) mass is 335 g/mol. The summed E-state index contributed by atoms with van der Waals surface area (Å²) in [5.41, 5.74) is 0.474. The summed E-state index contributed by atoms with van der Waals surface area (Å²) in [4.78, 5) is 12.4. The van der Waals surface area contributed by atoms with Crippen molar-refractivity contribution < 1.29 is 4.79 Å². The molecule has 1 heterocycles. The molecule has 6 nitrogen and oxygen atoms in total. The number of aromatic nitrogens is 4. The molecule has 0 aliphatic heterocycles. The van der Waals surface area contributed by atoms with Gasteiger partial charge in [-0.2, -0.15) is 0 Å². The van der Waals surface area contributed by atoms with E-state index in [-0.39, 0.29) is 11.9 Å². The number of carbonyl (C=O) groups excluding carboxylic acids is 1. The van der Waals surface area contributed by atoms with Crippen LogP contribution in [0.5, 0.6) is 0 Å². The zero-order valence-corrected chi connectivity index (χ0v) is 12.5. The summed E-state index contributed by atoms with van der Waals surface area (Å²) in [7, 11) is 0. The van der Waals surface area contributed by atoms with Gasteiger partial charge in [0.15, 0.2) is 0 Å². The average molecular weight is 336 g/mol. The lowest BCUT2D eigenvalue weighted by molar-refractivity contribution is -0.126. The minimum atomic E-state index is -0.590. The van der Waals surface area contributed by atoms with Crippen molar-refractivity contribution in [1.82, 2.24) is 25.5 Å². The van der Waals surface area contributed by atoms with Crippen molar-refractivity contribution >= 4 is 21.8 Å². The number of benzene rings is 1. The largest absolute Gasteiger partial charge is 0.347 e. The Balaban J connectivity index is 1.72. The molecule has 0 saturated heterocycles. The lowest BCUT2D eigenvalue weighted by Crippen LogP contribution is -2.40. The maximum absolute atomic E-state index is 12.4. The Kier molecular flexibility index (Phi) is 3.29.